The van der Waals surface area contributed by atoms with E-state index >= 15 is 0 Å². The van der Waals surface area contributed by atoms with E-state index in [9.17, 15) is 0 Å². The summed E-state index contributed by atoms with van der Waals surface area (Å²) in [6.45, 7) is 10.3. The molecule has 2 heterocycles. The Kier molecular flexibility index (Phi) is 4.41. The first-order valence-electron chi connectivity index (χ1n) is 8.50. The second-order valence-corrected chi connectivity index (χ2v) is 7.38. The Bertz CT molecular complexity index is 892. The van der Waals surface area contributed by atoms with Gasteiger partial charge in [-0.25, -0.2) is 4.98 Å². The smallest absolute Gasteiger partial charge is 0.131 e. The number of methoxy groups -OCH3 is 1. The van der Waals surface area contributed by atoms with Crippen molar-refractivity contribution in [2.45, 2.75) is 46.3 Å². The third-order valence-corrected chi connectivity index (χ3v) is 3.80. The van der Waals surface area contributed by atoms with Crippen LogP contribution in [0.2, 0.25) is 0 Å². The molecule has 132 valence electrons. The van der Waals surface area contributed by atoms with E-state index < -0.39 is 0 Å². The van der Waals surface area contributed by atoms with Gasteiger partial charge in [-0.05, 0) is 52.8 Å². The molecule has 0 amide bonds. The molecule has 0 aliphatic rings. The molecular formula is C20H25N3O2. The summed E-state index contributed by atoms with van der Waals surface area (Å²) in [5.74, 6) is 1.57. The third-order valence-electron chi connectivity index (χ3n) is 3.80. The van der Waals surface area contributed by atoms with Crippen molar-refractivity contribution in [1.29, 1.82) is 0 Å². The van der Waals surface area contributed by atoms with E-state index in [1.54, 1.807) is 7.11 Å². The molecule has 25 heavy (non-hydrogen) atoms. The van der Waals surface area contributed by atoms with E-state index in [0.29, 0.717) is 6.04 Å². The van der Waals surface area contributed by atoms with Crippen LogP contribution in [-0.2, 0) is 0 Å². The van der Waals surface area contributed by atoms with Gasteiger partial charge < -0.3 is 9.47 Å². The van der Waals surface area contributed by atoms with Crippen molar-refractivity contribution in [2.24, 2.45) is 0 Å². The number of nitrogens with zero attached hydrogens (tertiary/aromatic N) is 3. The predicted octanol–water partition coefficient (Wildman–Crippen LogP) is 4.87. The van der Waals surface area contributed by atoms with Crippen LogP contribution in [0.5, 0.6) is 11.5 Å². The quantitative estimate of drug-likeness (QED) is 0.681. The molecule has 0 spiro atoms. The van der Waals surface area contributed by atoms with Crippen molar-refractivity contribution in [1.82, 2.24) is 14.8 Å². The summed E-state index contributed by atoms with van der Waals surface area (Å²) < 4.78 is 13.5. The molecule has 0 atom stereocenters. The Morgan fingerprint density at radius 1 is 1.04 bits per heavy atom. The zero-order valence-corrected chi connectivity index (χ0v) is 15.7. The molecule has 0 saturated heterocycles. The van der Waals surface area contributed by atoms with Gasteiger partial charge in [-0.15, -0.1) is 0 Å². The molecule has 0 aliphatic heterocycles. The Morgan fingerprint density at radius 2 is 1.80 bits per heavy atom. The standard InChI is InChI=1S/C20H25N3O2/c1-13(2)23-10-9-16(22-23)18-12-19(25-20(3,4)5)15-8-7-14(24-6)11-17(15)21-18/h7-13H,1-6H3. The number of aromatic nitrogens is 3. The van der Waals surface area contributed by atoms with Gasteiger partial charge in [0.05, 0.1) is 18.3 Å². The lowest BCUT2D eigenvalue weighted by atomic mass is 10.1. The first-order chi connectivity index (χ1) is 11.8. The molecule has 0 fully saturated rings. The van der Waals surface area contributed by atoms with Crippen LogP contribution in [0.3, 0.4) is 0 Å². The van der Waals surface area contributed by atoms with Crippen molar-refractivity contribution in [3.8, 4) is 22.9 Å². The predicted molar refractivity (Wildman–Crippen MR) is 100 cm³/mol. The lowest BCUT2D eigenvalue weighted by molar-refractivity contribution is 0.133. The first-order valence-corrected chi connectivity index (χ1v) is 8.50. The Morgan fingerprint density at radius 3 is 2.40 bits per heavy atom. The highest BCUT2D eigenvalue weighted by atomic mass is 16.5. The molecule has 0 unspecified atom stereocenters. The highest BCUT2D eigenvalue weighted by Crippen LogP contribution is 2.33. The number of rotatable bonds is 4. The fourth-order valence-electron chi connectivity index (χ4n) is 2.61. The molecule has 3 rings (SSSR count). The summed E-state index contributed by atoms with van der Waals surface area (Å²) in [6, 6.07) is 10.1. The van der Waals surface area contributed by atoms with Crippen LogP contribution in [0.25, 0.3) is 22.3 Å². The van der Waals surface area contributed by atoms with Gasteiger partial charge in [0.2, 0.25) is 0 Å². The zero-order chi connectivity index (χ0) is 18.2. The minimum atomic E-state index is -0.303. The van der Waals surface area contributed by atoms with Crippen LogP contribution < -0.4 is 9.47 Å². The second kappa shape index (κ2) is 6.39. The normalized spacial score (nSPS) is 12.0. The highest BCUT2D eigenvalue weighted by molar-refractivity contribution is 5.88. The minimum Gasteiger partial charge on any atom is -0.497 e. The van der Waals surface area contributed by atoms with Gasteiger partial charge in [-0.3, -0.25) is 4.68 Å². The summed E-state index contributed by atoms with van der Waals surface area (Å²) in [5, 5.41) is 5.60. The van der Waals surface area contributed by atoms with Crippen molar-refractivity contribution in [2.75, 3.05) is 7.11 Å². The lowest BCUT2D eigenvalue weighted by Gasteiger charge is -2.22. The average Bonchev–Trinajstić information content (AvgIpc) is 3.03. The van der Waals surface area contributed by atoms with Crippen molar-refractivity contribution in [3.05, 3.63) is 36.5 Å². The van der Waals surface area contributed by atoms with Crippen LogP contribution in [-0.4, -0.2) is 27.5 Å². The SMILES string of the molecule is COc1ccc2c(OC(C)(C)C)cc(-c3ccn(C(C)C)n3)nc2c1. The molecule has 0 N–H and O–H groups in total. The zero-order valence-electron chi connectivity index (χ0n) is 15.7. The maximum absolute atomic E-state index is 6.19. The number of hydrogen-bond acceptors (Lipinski definition) is 4. The lowest BCUT2D eigenvalue weighted by Crippen LogP contribution is -2.23. The number of hydrogen-bond donors (Lipinski definition) is 0. The number of benzene rings is 1. The summed E-state index contributed by atoms with van der Waals surface area (Å²) >= 11 is 0. The topological polar surface area (TPSA) is 49.2 Å². The van der Waals surface area contributed by atoms with Gasteiger partial charge in [-0.2, -0.15) is 5.10 Å². The van der Waals surface area contributed by atoms with Crippen LogP contribution in [0.1, 0.15) is 40.7 Å². The molecule has 0 saturated carbocycles. The van der Waals surface area contributed by atoms with E-state index in [4.69, 9.17) is 14.5 Å². The van der Waals surface area contributed by atoms with Gasteiger partial charge in [0.1, 0.15) is 22.8 Å². The van der Waals surface area contributed by atoms with Gasteiger partial charge in [0.25, 0.3) is 0 Å². The number of pyridine rings is 1. The average molecular weight is 339 g/mol. The molecule has 0 bridgehead atoms. The summed E-state index contributed by atoms with van der Waals surface area (Å²) in [4.78, 5) is 4.78. The maximum atomic E-state index is 6.19. The molecule has 0 radical (unpaired) electrons. The molecule has 0 aliphatic carbocycles. The summed E-state index contributed by atoms with van der Waals surface area (Å²) in [6.07, 6.45) is 1.97. The van der Waals surface area contributed by atoms with Crippen molar-refractivity contribution < 1.29 is 9.47 Å². The maximum Gasteiger partial charge on any atom is 0.131 e. The van der Waals surface area contributed by atoms with Crippen molar-refractivity contribution >= 4 is 10.9 Å². The van der Waals surface area contributed by atoms with Crippen LogP contribution in [0, 0.1) is 0 Å². The van der Waals surface area contributed by atoms with E-state index in [2.05, 4.69) is 18.9 Å². The highest BCUT2D eigenvalue weighted by Gasteiger charge is 2.17. The van der Waals surface area contributed by atoms with Gasteiger partial charge >= 0.3 is 0 Å². The van der Waals surface area contributed by atoms with Crippen LogP contribution >= 0.6 is 0 Å². The Balaban J connectivity index is 2.17. The van der Waals surface area contributed by atoms with Gasteiger partial charge in [0.15, 0.2) is 0 Å². The molecule has 5 nitrogen and oxygen atoms in total. The fourth-order valence-corrected chi connectivity index (χ4v) is 2.61. The largest absolute Gasteiger partial charge is 0.497 e. The third kappa shape index (κ3) is 3.76. The molecule has 5 heteroatoms. The first kappa shape index (κ1) is 17.3. The van der Waals surface area contributed by atoms with Crippen LogP contribution in [0.15, 0.2) is 36.5 Å². The van der Waals surface area contributed by atoms with E-state index in [0.717, 1.165) is 33.8 Å². The molecular weight excluding hydrogens is 314 g/mol. The molecule has 2 aromatic heterocycles. The Labute approximate surface area is 148 Å². The van der Waals surface area contributed by atoms with E-state index in [-0.39, 0.29) is 5.60 Å². The summed E-state index contributed by atoms with van der Waals surface area (Å²) in [7, 11) is 1.65. The van der Waals surface area contributed by atoms with Crippen LogP contribution in [0.4, 0.5) is 0 Å². The van der Waals surface area contributed by atoms with E-state index in [1.165, 1.54) is 0 Å². The molecule has 1 aromatic carbocycles. The monoisotopic (exact) mass is 339 g/mol. The number of fused-ring (bicyclic) bond motifs is 1. The fraction of sp³-hybridized carbons (Fsp3) is 0.400. The second-order valence-electron chi connectivity index (χ2n) is 7.38. The Hall–Kier alpha value is -2.56. The number of ether oxygens (including phenoxy) is 2. The van der Waals surface area contributed by atoms with E-state index in [1.807, 2.05) is 62.0 Å². The van der Waals surface area contributed by atoms with Gasteiger partial charge in [0, 0.05) is 29.8 Å². The minimum absolute atomic E-state index is 0.303. The molecule has 3 aromatic rings. The van der Waals surface area contributed by atoms with Gasteiger partial charge in [-0.1, -0.05) is 0 Å². The summed E-state index contributed by atoms with van der Waals surface area (Å²) in [5.41, 5.74) is 2.15. The van der Waals surface area contributed by atoms with Crippen molar-refractivity contribution in [3.63, 3.8) is 0 Å².